The number of aliphatic carboxylic acids is 1. The number of rotatable bonds is 5. The summed E-state index contributed by atoms with van der Waals surface area (Å²) >= 11 is 0. The minimum atomic E-state index is -1.41. The highest BCUT2D eigenvalue weighted by Gasteiger charge is 2.37. The lowest BCUT2D eigenvalue weighted by atomic mass is 10.1. The number of nitrogens with one attached hydrogen (secondary N) is 1. The fraction of sp³-hybridized carbons (Fsp3) is 0.100. The van der Waals surface area contributed by atoms with Crippen LogP contribution in [0.25, 0.3) is 6.08 Å². The number of urea groups is 1. The molecule has 0 saturated carbocycles. The van der Waals surface area contributed by atoms with E-state index in [1.165, 1.54) is 12.1 Å². The Labute approximate surface area is 160 Å². The molecule has 1 fully saturated rings. The number of nitrogens with zero attached hydrogens (tertiary/aromatic N) is 1. The summed E-state index contributed by atoms with van der Waals surface area (Å²) in [7, 11) is 0. The van der Waals surface area contributed by atoms with Gasteiger partial charge in [-0.3, -0.25) is 14.9 Å². The molecular formula is C20H15N2O6-. The van der Waals surface area contributed by atoms with E-state index in [2.05, 4.69) is 5.32 Å². The second-order valence-electron chi connectivity index (χ2n) is 5.94. The first-order valence-corrected chi connectivity index (χ1v) is 8.27. The van der Waals surface area contributed by atoms with Gasteiger partial charge < -0.3 is 14.6 Å². The summed E-state index contributed by atoms with van der Waals surface area (Å²) in [4.78, 5) is 49.0. The third-order valence-electron chi connectivity index (χ3n) is 4.02. The summed E-state index contributed by atoms with van der Waals surface area (Å²) in [6.45, 7) is 1.05. The molecule has 8 heteroatoms. The van der Waals surface area contributed by atoms with E-state index in [0.717, 1.165) is 4.90 Å². The number of carboxylic acids is 1. The number of hydrogen-bond donors (Lipinski definition) is 1. The van der Waals surface area contributed by atoms with Crippen molar-refractivity contribution < 1.29 is 29.0 Å². The summed E-state index contributed by atoms with van der Waals surface area (Å²) in [5, 5.41) is 12.8. The summed E-state index contributed by atoms with van der Waals surface area (Å²) < 4.78 is 5.13. The molecule has 1 saturated heterocycles. The summed E-state index contributed by atoms with van der Waals surface area (Å²) in [5.74, 6) is -2.91. The van der Waals surface area contributed by atoms with Gasteiger partial charge in [0.2, 0.25) is 0 Å². The van der Waals surface area contributed by atoms with Crippen molar-refractivity contribution in [2.24, 2.45) is 0 Å². The number of barbiturate groups is 1. The molecule has 4 amide bonds. The Kier molecular flexibility index (Phi) is 5.21. The van der Waals surface area contributed by atoms with E-state index < -0.39 is 30.4 Å². The molecule has 2 aromatic carbocycles. The number of carbonyl (C=O) groups is 4. The van der Waals surface area contributed by atoms with Crippen LogP contribution in [0.15, 0.2) is 54.1 Å². The molecule has 1 N–H and O–H groups in total. The number of carboxylic acid groups (broad SMARTS) is 1. The van der Waals surface area contributed by atoms with Gasteiger partial charge in [0.25, 0.3) is 11.8 Å². The Balaban J connectivity index is 2.01. The maximum Gasteiger partial charge on any atom is 0.335 e. The number of ether oxygens (including phenoxy) is 1. The molecule has 8 nitrogen and oxygen atoms in total. The van der Waals surface area contributed by atoms with Gasteiger partial charge >= 0.3 is 6.03 Å². The predicted octanol–water partition coefficient (Wildman–Crippen LogP) is 0.790. The number of anilines is 1. The van der Waals surface area contributed by atoms with Gasteiger partial charge in [-0.15, -0.1) is 0 Å². The second-order valence-corrected chi connectivity index (χ2v) is 5.94. The van der Waals surface area contributed by atoms with Crippen LogP contribution in [0.5, 0.6) is 5.75 Å². The first kappa shape index (κ1) is 18.8. The monoisotopic (exact) mass is 379 g/mol. The van der Waals surface area contributed by atoms with Gasteiger partial charge in [0, 0.05) is 5.56 Å². The molecular weight excluding hydrogens is 364 g/mol. The molecule has 2 aromatic rings. The van der Waals surface area contributed by atoms with Crippen LogP contribution in [-0.4, -0.2) is 30.4 Å². The average Bonchev–Trinajstić information content (AvgIpc) is 2.65. The number of imide groups is 2. The zero-order valence-corrected chi connectivity index (χ0v) is 14.8. The highest BCUT2D eigenvalue weighted by molar-refractivity contribution is 6.39. The van der Waals surface area contributed by atoms with Crippen molar-refractivity contribution in [3.8, 4) is 5.75 Å². The lowest BCUT2D eigenvalue weighted by Gasteiger charge is -2.27. The minimum Gasteiger partial charge on any atom is -0.546 e. The molecule has 0 spiro atoms. The third kappa shape index (κ3) is 3.75. The van der Waals surface area contributed by atoms with Crippen molar-refractivity contribution in [3.05, 3.63) is 65.2 Å². The Hall–Kier alpha value is -3.94. The molecule has 1 aliphatic heterocycles. The largest absolute Gasteiger partial charge is 0.546 e. The van der Waals surface area contributed by atoms with E-state index >= 15 is 0 Å². The maximum absolute atomic E-state index is 12.9. The Bertz CT molecular complexity index is 1010. The summed E-state index contributed by atoms with van der Waals surface area (Å²) in [6, 6.07) is 12.2. The lowest BCUT2D eigenvalue weighted by Crippen LogP contribution is -2.54. The number of hydrogen-bond acceptors (Lipinski definition) is 6. The zero-order chi connectivity index (χ0) is 20.3. The fourth-order valence-corrected chi connectivity index (χ4v) is 2.71. The van der Waals surface area contributed by atoms with Crippen LogP contribution in [0.4, 0.5) is 10.5 Å². The van der Waals surface area contributed by atoms with Crippen LogP contribution in [0.2, 0.25) is 0 Å². The number of amides is 4. The zero-order valence-electron chi connectivity index (χ0n) is 14.8. The van der Waals surface area contributed by atoms with Gasteiger partial charge in [0.15, 0.2) is 0 Å². The lowest BCUT2D eigenvalue weighted by molar-refractivity contribution is -0.307. The van der Waals surface area contributed by atoms with E-state index in [4.69, 9.17) is 4.74 Å². The van der Waals surface area contributed by atoms with Gasteiger partial charge in [-0.25, -0.2) is 9.69 Å². The van der Waals surface area contributed by atoms with Crippen LogP contribution in [0.1, 0.15) is 11.1 Å². The van der Waals surface area contributed by atoms with Crippen LogP contribution in [0.3, 0.4) is 0 Å². The van der Waals surface area contributed by atoms with Crippen molar-refractivity contribution in [1.82, 2.24) is 5.32 Å². The summed E-state index contributed by atoms with van der Waals surface area (Å²) in [5.41, 5.74) is 1.05. The Morgan fingerprint density at radius 1 is 1.11 bits per heavy atom. The molecule has 0 aromatic heterocycles. The molecule has 0 unspecified atom stereocenters. The molecule has 0 bridgehead atoms. The van der Waals surface area contributed by atoms with Crippen LogP contribution >= 0.6 is 0 Å². The van der Waals surface area contributed by atoms with E-state index in [1.807, 2.05) is 0 Å². The molecule has 1 heterocycles. The standard InChI is InChI=1S/C20H16N2O6/c1-12-6-2-4-8-15(12)22-19(26)14(18(25)21-20(22)27)10-13-7-3-5-9-16(13)28-11-17(23)24/h2-10H,11H2,1H3,(H,23,24)(H,21,25,27)/p-1/b14-10+. The molecule has 3 rings (SSSR count). The molecule has 0 atom stereocenters. The van der Waals surface area contributed by atoms with E-state index in [9.17, 15) is 24.3 Å². The van der Waals surface area contributed by atoms with Gasteiger partial charge in [-0.2, -0.15) is 0 Å². The third-order valence-corrected chi connectivity index (χ3v) is 4.02. The quantitative estimate of drug-likeness (QED) is 0.607. The topological polar surface area (TPSA) is 116 Å². The molecule has 1 aliphatic rings. The Morgan fingerprint density at radius 2 is 1.79 bits per heavy atom. The number of aryl methyl sites for hydroxylation is 1. The van der Waals surface area contributed by atoms with Crippen LogP contribution in [0, 0.1) is 6.92 Å². The molecule has 28 heavy (non-hydrogen) atoms. The normalized spacial score (nSPS) is 15.5. The maximum atomic E-state index is 12.9. The van der Waals surface area contributed by atoms with Crippen molar-refractivity contribution >= 4 is 35.6 Å². The number of carbonyl (C=O) groups excluding carboxylic acids is 4. The predicted molar refractivity (Wildman–Crippen MR) is 97.1 cm³/mol. The first-order valence-electron chi connectivity index (χ1n) is 8.27. The molecule has 0 aliphatic carbocycles. The second kappa shape index (κ2) is 7.75. The number of para-hydroxylation sites is 2. The summed E-state index contributed by atoms with van der Waals surface area (Å²) in [6.07, 6.45) is 1.25. The first-order chi connectivity index (χ1) is 13.4. The van der Waals surface area contributed by atoms with Crippen molar-refractivity contribution in [3.63, 3.8) is 0 Å². The van der Waals surface area contributed by atoms with Gasteiger partial charge in [0.05, 0.1) is 11.7 Å². The minimum absolute atomic E-state index is 0.152. The van der Waals surface area contributed by atoms with Gasteiger partial charge in [-0.05, 0) is 30.7 Å². The SMILES string of the molecule is Cc1ccccc1N1C(=O)NC(=O)/C(=C\c2ccccc2OCC(=O)[O-])C1=O. The highest BCUT2D eigenvalue weighted by Crippen LogP contribution is 2.27. The number of benzene rings is 2. The van der Waals surface area contributed by atoms with Crippen molar-refractivity contribution in [2.75, 3.05) is 11.5 Å². The van der Waals surface area contributed by atoms with E-state index in [-0.39, 0.29) is 11.3 Å². The van der Waals surface area contributed by atoms with Crippen molar-refractivity contribution in [2.45, 2.75) is 6.92 Å². The van der Waals surface area contributed by atoms with Crippen LogP contribution < -0.4 is 20.1 Å². The van der Waals surface area contributed by atoms with Crippen LogP contribution in [-0.2, 0) is 14.4 Å². The molecule has 142 valence electrons. The average molecular weight is 379 g/mol. The Morgan fingerprint density at radius 3 is 2.50 bits per heavy atom. The van der Waals surface area contributed by atoms with Gasteiger partial charge in [-0.1, -0.05) is 36.4 Å². The van der Waals surface area contributed by atoms with E-state index in [0.29, 0.717) is 16.8 Å². The fourth-order valence-electron chi connectivity index (χ4n) is 2.71. The van der Waals surface area contributed by atoms with E-state index in [1.54, 1.807) is 49.4 Å². The highest BCUT2D eigenvalue weighted by atomic mass is 16.5. The smallest absolute Gasteiger partial charge is 0.335 e. The van der Waals surface area contributed by atoms with Crippen molar-refractivity contribution in [1.29, 1.82) is 0 Å². The molecule has 0 radical (unpaired) electrons. The van der Waals surface area contributed by atoms with Gasteiger partial charge in [0.1, 0.15) is 17.9 Å².